The van der Waals surface area contributed by atoms with E-state index in [2.05, 4.69) is 10.2 Å². The van der Waals surface area contributed by atoms with E-state index in [0.29, 0.717) is 13.1 Å². The molecule has 0 spiro atoms. The van der Waals surface area contributed by atoms with E-state index < -0.39 is 12.7 Å². The zero-order chi connectivity index (χ0) is 13.7. The van der Waals surface area contributed by atoms with Gasteiger partial charge in [-0.25, -0.2) is 0 Å². The van der Waals surface area contributed by atoms with E-state index in [-0.39, 0.29) is 0 Å². The Morgan fingerprint density at radius 1 is 0.947 bits per heavy atom. The molecular weight excluding hydrogens is 255 g/mol. The topological polar surface area (TPSA) is 18.5 Å². The number of halogens is 3. The molecular formula is C13H24F3N3. The van der Waals surface area contributed by atoms with Crippen molar-refractivity contribution in [3.8, 4) is 0 Å². The average Bonchev–Trinajstić information content (AvgIpc) is 3.13. The molecule has 0 atom stereocenters. The monoisotopic (exact) mass is 279 g/mol. The molecule has 112 valence electrons. The van der Waals surface area contributed by atoms with Gasteiger partial charge in [0, 0.05) is 32.2 Å². The highest BCUT2D eigenvalue weighted by Gasteiger charge is 2.31. The van der Waals surface area contributed by atoms with E-state index in [1.165, 1.54) is 24.2 Å². The fourth-order valence-electron chi connectivity index (χ4n) is 2.48. The van der Waals surface area contributed by atoms with Crippen molar-refractivity contribution in [3.05, 3.63) is 0 Å². The molecule has 1 aliphatic carbocycles. The molecule has 0 amide bonds. The minimum absolute atomic E-state index is 0.542. The van der Waals surface area contributed by atoms with Crippen molar-refractivity contribution in [1.82, 2.24) is 15.1 Å². The molecule has 0 aromatic carbocycles. The number of nitrogens with one attached hydrogen (secondary N) is 1. The molecule has 3 nitrogen and oxygen atoms in total. The zero-order valence-corrected chi connectivity index (χ0v) is 11.4. The van der Waals surface area contributed by atoms with Gasteiger partial charge in [0.05, 0.1) is 6.54 Å². The van der Waals surface area contributed by atoms with Crippen molar-refractivity contribution in [2.45, 2.75) is 37.9 Å². The fraction of sp³-hybridized carbons (Fsp3) is 1.00. The van der Waals surface area contributed by atoms with Gasteiger partial charge >= 0.3 is 6.18 Å². The van der Waals surface area contributed by atoms with Crippen molar-refractivity contribution >= 4 is 0 Å². The number of hydrogen-bond acceptors (Lipinski definition) is 3. The number of piperazine rings is 1. The first-order valence-corrected chi connectivity index (χ1v) is 7.28. The second-order valence-corrected chi connectivity index (χ2v) is 5.67. The summed E-state index contributed by atoms with van der Waals surface area (Å²) >= 11 is 0. The van der Waals surface area contributed by atoms with Gasteiger partial charge < -0.3 is 10.2 Å². The maximum absolute atomic E-state index is 12.2. The van der Waals surface area contributed by atoms with E-state index in [4.69, 9.17) is 0 Å². The van der Waals surface area contributed by atoms with Crippen molar-refractivity contribution in [2.75, 3.05) is 45.8 Å². The van der Waals surface area contributed by atoms with E-state index >= 15 is 0 Å². The summed E-state index contributed by atoms with van der Waals surface area (Å²) in [6.07, 6.45) is 0.886. The molecule has 2 rings (SSSR count). The smallest absolute Gasteiger partial charge is 0.314 e. The van der Waals surface area contributed by atoms with E-state index in [9.17, 15) is 13.2 Å². The third-order valence-corrected chi connectivity index (χ3v) is 3.78. The molecule has 1 aliphatic heterocycles. The van der Waals surface area contributed by atoms with E-state index in [0.717, 1.165) is 38.6 Å². The molecule has 0 unspecified atom stereocenters. The largest absolute Gasteiger partial charge is 0.401 e. The zero-order valence-electron chi connectivity index (χ0n) is 11.4. The minimum Gasteiger partial charge on any atom is -0.314 e. The van der Waals surface area contributed by atoms with Crippen molar-refractivity contribution in [1.29, 1.82) is 0 Å². The number of rotatable bonds is 7. The lowest BCUT2D eigenvalue weighted by Gasteiger charge is -2.34. The van der Waals surface area contributed by atoms with Gasteiger partial charge in [0.2, 0.25) is 0 Å². The maximum Gasteiger partial charge on any atom is 0.401 e. The van der Waals surface area contributed by atoms with Gasteiger partial charge in [-0.2, -0.15) is 13.2 Å². The predicted molar refractivity (Wildman–Crippen MR) is 69.2 cm³/mol. The number of unbranched alkanes of at least 4 members (excludes halogenated alkanes) is 1. The molecule has 1 heterocycles. The summed E-state index contributed by atoms with van der Waals surface area (Å²) in [4.78, 5) is 3.79. The maximum atomic E-state index is 12.2. The summed E-state index contributed by atoms with van der Waals surface area (Å²) in [5.41, 5.74) is 0. The Balaban J connectivity index is 1.48. The van der Waals surface area contributed by atoms with Crippen LogP contribution in [0.15, 0.2) is 0 Å². The lowest BCUT2D eigenvalue weighted by Crippen LogP contribution is -2.49. The quantitative estimate of drug-likeness (QED) is 0.716. The first-order valence-electron chi connectivity index (χ1n) is 7.28. The number of hydrogen-bond donors (Lipinski definition) is 1. The van der Waals surface area contributed by atoms with Crippen LogP contribution in [-0.2, 0) is 0 Å². The number of alkyl halides is 3. The Hall–Kier alpha value is -0.330. The standard InChI is InChI=1S/C13H24F3N3/c14-13(15,16)11-19-9-7-18(8-10-19)6-2-1-5-17-12-3-4-12/h12,17H,1-11H2. The highest BCUT2D eigenvalue weighted by atomic mass is 19.4. The van der Waals surface area contributed by atoms with Crippen LogP contribution in [0, 0.1) is 0 Å². The van der Waals surface area contributed by atoms with Crippen LogP contribution in [0.1, 0.15) is 25.7 Å². The summed E-state index contributed by atoms with van der Waals surface area (Å²) in [6, 6.07) is 0.769. The highest BCUT2D eigenvalue weighted by molar-refractivity contribution is 4.80. The van der Waals surface area contributed by atoms with Gasteiger partial charge in [-0.05, 0) is 38.8 Å². The molecule has 0 radical (unpaired) electrons. The van der Waals surface area contributed by atoms with Crippen LogP contribution in [0.2, 0.25) is 0 Å². The Bertz CT molecular complexity index is 258. The van der Waals surface area contributed by atoms with Crippen LogP contribution in [0.3, 0.4) is 0 Å². The van der Waals surface area contributed by atoms with Crippen LogP contribution in [0.25, 0.3) is 0 Å². The third-order valence-electron chi connectivity index (χ3n) is 3.78. The fourth-order valence-corrected chi connectivity index (χ4v) is 2.48. The average molecular weight is 279 g/mol. The molecule has 1 saturated heterocycles. The van der Waals surface area contributed by atoms with Crippen LogP contribution >= 0.6 is 0 Å². The van der Waals surface area contributed by atoms with Gasteiger partial charge in [0.1, 0.15) is 0 Å². The Labute approximate surface area is 113 Å². The first kappa shape index (κ1) is 15.1. The third kappa shape index (κ3) is 6.58. The second kappa shape index (κ2) is 6.90. The summed E-state index contributed by atoms with van der Waals surface area (Å²) in [7, 11) is 0. The first-order chi connectivity index (χ1) is 9.03. The molecule has 6 heteroatoms. The molecule has 19 heavy (non-hydrogen) atoms. The van der Waals surface area contributed by atoms with E-state index in [1.54, 1.807) is 0 Å². The van der Waals surface area contributed by atoms with Gasteiger partial charge in [0.15, 0.2) is 0 Å². The van der Waals surface area contributed by atoms with Crippen molar-refractivity contribution in [2.24, 2.45) is 0 Å². The lowest BCUT2D eigenvalue weighted by atomic mass is 10.2. The van der Waals surface area contributed by atoms with Gasteiger partial charge in [-0.1, -0.05) is 0 Å². The molecule has 0 bridgehead atoms. The lowest BCUT2D eigenvalue weighted by molar-refractivity contribution is -0.149. The summed E-state index contributed by atoms with van der Waals surface area (Å²) < 4.78 is 36.7. The van der Waals surface area contributed by atoms with Crippen molar-refractivity contribution < 1.29 is 13.2 Å². The predicted octanol–water partition coefficient (Wildman–Crippen LogP) is 1.70. The van der Waals surface area contributed by atoms with Gasteiger partial charge in [-0.15, -0.1) is 0 Å². The van der Waals surface area contributed by atoms with E-state index in [1.807, 2.05) is 0 Å². The summed E-state index contributed by atoms with van der Waals surface area (Å²) in [5, 5.41) is 3.48. The van der Waals surface area contributed by atoms with Crippen molar-refractivity contribution in [3.63, 3.8) is 0 Å². The van der Waals surface area contributed by atoms with Gasteiger partial charge in [0.25, 0.3) is 0 Å². The van der Waals surface area contributed by atoms with Crippen LogP contribution in [0.5, 0.6) is 0 Å². The number of nitrogens with zero attached hydrogens (tertiary/aromatic N) is 2. The highest BCUT2D eigenvalue weighted by Crippen LogP contribution is 2.19. The Morgan fingerprint density at radius 2 is 1.58 bits per heavy atom. The molecule has 0 aromatic heterocycles. The molecule has 2 fully saturated rings. The van der Waals surface area contributed by atoms with Crippen LogP contribution in [0.4, 0.5) is 13.2 Å². The molecule has 0 aromatic rings. The second-order valence-electron chi connectivity index (χ2n) is 5.67. The van der Waals surface area contributed by atoms with Gasteiger partial charge in [-0.3, -0.25) is 4.90 Å². The molecule has 1 saturated carbocycles. The van der Waals surface area contributed by atoms with Crippen LogP contribution in [-0.4, -0.2) is 67.8 Å². The Morgan fingerprint density at radius 3 is 2.16 bits per heavy atom. The molecule has 1 N–H and O–H groups in total. The minimum atomic E-state index is -4.06. The summed E-state index contributed by atoms with van der Waals surface area (Å²) in [6.45, 7) is 3.97. The summed E-state index contributed by atoms with van der Waals surface area (Å²) in [5.74, 6) is 0. The normalized spacial score (nSPS) is 22.9. The molecule has 2 aliphatic rings. The van der Waals surface area contributed by atoms with Crippen LogP contribution < -0.4 is 5.32 Å². The Kier molecular flexibility index (Phi) is 5.47. The SMILES string of the molecule is FC(F)(F)CN1CCN(CCCCNC2CC2)CC1.